The van der Waals surface area contributed by atoms with Crippen molar-refractivity contribution in [3.63, 3.8) is 0 Å². The Morgan fingerprint density at radius 2 is 0.897 bits per heavy atom. The van der Waals surface area contributed by atoms with Crippen molar-refractivity contribution in [2.75, 3.05) is 0 Å². The Morgan fingerprint density at radius 3 is 1.54 bits per heavy atom. The third-order valence-electron chi connectivity index (χ3n) is 12.9. The lowest BCUT2D eigenvalue weighted by molar-refractivity contribution is 0.673. The quantitative estimate of drug-likeness (QED) is 0.152. The van der Waals surface area contributed by atoms with Crippen molar-refractivity contribution in [3.8, 4) is 84.5 Å². The number of hydrogen-bond donors (Lipinski definition) is 0. The van der Waals surface area contributed by atoms with E-state index in [4.69, 9.17) is 24.4 Å². The van der Waals surface area contributed by atoms with Gasteiger partial charge in [-0.05, 0) is 82.4 Å². The molecule has 0 unspecified atom stereocenters. The summed E-state index contributed by atoms with van der Waals surface area (Å²) in [6.07, 6.45) is 1.97. The van der Waals surface area contributed by atoms with Gasteiger partial charge in [-0.1, -0.05) is 176 Å². The predicted molar refractivity (Wildman–Crippen MR) is 277 cm³/mol. The minimum Gasteiger partial charge on any atom is -0.455 e. The normalized spacial score (nSPS) is 11.5. The summed E-state index contributed by atoms with van der Waals surface area (Å²) >= 11 is 0. The van der Waals surface area contributed by atoms with Gasteiger partial charge in [0, 0.05) is 55.9 Å². The molecule has 0 atom stereocenters. The molecule has 0 aliphatic heterocycles. The molecule has 0 fully saturated rings. The van der Waals surface area contributed by atoms with Crippen molar-refractivity contribution < 1.29 is 4.42 Å². The highest BCUT2D eigenvalue weighted by molar-refractivity contribution is 6.25. The first kappa shape index (κ1) is 39.1. The first-order valence-corrected chi connectivity index (χ1v) is 22.8. The zero-order chi connectivity index (χ0) is 45.0. The monoisotopic (exact) mass is 869 g/mol. The summed E-state index contributed by atoms with van der Waals surface area (Å²) < 4.78 is 9.48. The van der Waals surface area contributed by atoms with Crippen LogP contribution in [0.15, 0.2) is 241 Å². The van der Waals surface area contributed by atoms with E-state index in [0.29, 0.717) is 23.1 Å². The average molecular weight is 870 g/mol. The van der Waals surface area contributed by atoms with Gasteiger partial charge >= 0.3 is 0 Å². The maximum atomic E-state index is 7.16. The Hall–Kier alpha value is -9.26. The van der Waals surface area contributed by atoms with Crippen LogP contribution in [0.4, 0.5) is 0 Å². The minimum absolute atomic E-state index is 0.544. The van der Waals surface area contributed by atoms with Crippen molar-refractivity contribution in [1.82, 2.24) is 24.5 Å². The van der Waals surface area contributed by atoms with Crippen LogP contribution >= 0.6 is 0 Å². The molecule has 6 nitrogen and oxygen atoms in total. The summed E-state index contributed by atoms with van der Waals surface area (Å²) in [5.41, 5.74) is 15.9. The Bertz CT molecular complexity index is 3920. The van der Waals surface area contributed by atoms with E-state index in [2.05, 4.69) is 174 Å². The van der Waals surface area contributed by atoms with Crippen LogP contribution in [0.3, 0.4) is 0 Å². The van der Waals surface area contributed by atoms with Gasteiger partial charge in [-0.25, -0.2) is 15.0 Å². The van der Waals surface area contributed by atoms with Crippen LogP contribution in [-0.4, -0.2) is 24.5 Å². The fraction of sp³-hybridized carbons (Fsp3) is 0. The molecule has 13 aromatic rings. The fourth-order valence-corrected chi connectivity index (χ4v) is 9.71. The van der Waals surface area contributed by atoms with Crippen LogP contribution in [-0.2, 0) is 0 Å². The minimum atomic E-state index is 0.544. The molecule has 9 aromatic carbocycles. The van der Waals surface area contributed by atoms with Crippen molar-refractivity contribution >= 4 is 43.7 Å². The van der Waals surface area contributed by atoms with E-state index in [0.717, 1.165) is 88.5 Å². The van der Waals surface area contributed by atoms with Crippen LogP contribution in [0, 0.1) is 0 Å². The van der Waals surface area contributed by atoms with Gasteiger partial charge in [-0.3, -0.25) is 4.98 Å². The summed E-state index contributed by atoms with van der Waals surface area (Å²) in [5.74, 6) is 1.72. The van der Waals surface area contributed by atoms with Gasteiger partial charge in [0.25, 0.3) is 0 Å². The molecule has 0 spiro atoms. The van der Waals surface area contributed by atoms with Crippen molar-refractivity contribution in [2.45, 2.75) is 0 Å². The van der Waals surface area contributed by atoms with Crippen molar-refractivity contribution in [2.24, 2.45) is 0 Å². The molecule has 4 heterocycles. The first-order chi connectivity index (χ1) is 33.7. The summed E-state index contributed by atoms with van der Waals surface area (Å²) in [6, 6.07) is 80.0. The van der Waals surface area contributed by atoms with Crippen molar-refractivity contribution in [1.29, 1.82) is 0 Å². The average Bonchev–Trinajstić information content (AvgIpc) is 3.97. The van der Waals surface area contributed by atoms with E-state index >= 15 is 0 Å². The number of pyridine rings is 1. The molecule has 0 N–H and O–H groups in total. The second kappa shape index (κ2) is 16.3. The van der Waals surface area contributed by atoms with E-state index in [9.17, 15) is 0 Å². The summed E-state index contributed by atoms with van der Waals surface area (Å²) in [5, 5.41) is 4.06. The molecule has 0 radical (unpaired) electrons. The van der Waals surface area contributed by atoms with Crippen molar-refractivity contribution in [3.05, 3.63) is 237 Å². The maximum Gasteiger partial charge on any atom is 0.164 e. The second-order valence-corrected chi connectivity index (χ2v) is 17.0. The van der Waals surface area contributed by atoms with Crippen LogP contribution in [0.1, 0.15) is 0 Å². The SMILES string of the molecule is c1ccc(-c2nc(-c3ccccc3)nc(-c3cc(-c4ccc(-c5ccc(-c6ccccc6)c(-c6ccccc6)c5)cn4)cc4oc5c(ccc6c5c5ccccc5n6-c5ccccc5)c34)n2)cc1. The second-order valence-electron chi connectivity index (χ2n) is 17.0. The van der Waals surface area contributed by atoms with E-state index in [1.165, 1.54) is 16.7 Å². The highest BCUT2D eigenvalue weighted by Gasteiger charge is 2.24. The lowest BCUT2D eigenvalue weighted by Crippen LogP contribution is -2.00. The Kier molecular flexibility index (Phi) is 9.39. The van der Waals surface area contributed by atoms with Gasteiger partial charge in [-0.15, -0.1) is 0 Å². The van der Waals surface area contributed by atoms with Gasteiger partial charge in [0.2, 0.25) is 0 Å². The van der Waals surface area contributed by atoms with Gasteiger partial charge in [0.15, 0.2) is 17.5 Å². The van der Waals surface area contributed by atoms with E-state index < -0.39 is 0 Å². The third kappa shape index (κ3) is 6.74. The molecule has 68 heavy (non-hydrogen) atoms. The molecule has 0 aliphatic carbocycles. The van der Waals surface area contributed by atoms with Gasteiger partial charge in [0.1, 0.15) is 11.2 Å². The van der Waals surface area contributed by atoms with Gasteiger partial charge in [-0.2, -0.15) is 0 Å². The number of para-hydroxylation sites is 2. The smallest absolute Gasteiger partial charge is 0.164 e. The van der Waals surface area contributed by atoms with Crippen LogP contribution in [0.5, 0.6) is 0 Å². The zero-order valence-corrected chi connectivity index (χ0v) is 36.7. The molecule has 0 bridgehead atoms. The van der Waals surface area contributed by atoms with Crippen LogP contribution in [0.25, 0.3) is 128 Å². The lowest BCUT2D eigenvalue weighted by Gasteiger charge is -2.13. The molecule has 13 rings (SSSR count). The molecule has 6 heteroatoms. The summed E-state index contributed by atoms with van der Waals surface area (Å²) in [4.78, 5) is 20.7. The Morgan fingerprint density at radius 1 is 0.338 bits per heavy atom. The van der Waals surface area contributed by atoms with E-state index in [1.54, 1.807) is 0 Å². The Labute approximate surface area is 392 Å². The number of rotatable bonds is 8. The predicted octanol–water partition coefficient (Wildman–Crippen LogP) is 15.9. The maximum absolute atomic E-state index is 7.16. The largest absolute Gasteiger partial charge is 0.455 e. The summed E-state index contributed by atoms with van der Waals surface area (Å²) in [6.45, 7) is 0. The number of hydrogen-bond acceptors (Lipinski definition) is 5. The third-order valence-corrected chi connectivity index (χ3v) is 12.9. The van der Waals surface area contributed by atoms with E-state index in [1.807, 2.05) is 66.9 Å². The Balaban J connectivity index is 1.02. The number of benzene rings is 9. The molecular weight excluding hydrogens is 831 g/mol. The van der Waals surface area contributed by atoms with Crippen LogP contribution < -0.4 is 0 Å². The molecule has 0 saturated carbocycles. The fourth-order valence-electron chi connectivity index (χ4n) is 9.71. The highest BCUT2D eigenvalue weighted by atomic mass is 16.3. The summed E-state index contributed by atoms with van der Waals surface area (Å²) in [7, 11) is 0. The molecule has 0 amide bonds. The van der Waals surface area contributed by atoms with Gasteiger partial charge in [0.05, 0.1) is 22.1 Å². The molecular formula is C62H39N5O. The molecule has 0 saturated heterocycles. The topological polar surface area (TPSA) is 69.6 Å². The van der Waals surface area contributed by atoms with Crippen LogP contribution in [0.2, 0.25) is 0 Å². The van der Waals surface area contributed by atoms with Gasteiger partial charge < -0.3 is 8.98 Å². The number of furan rings is 1. The number of aromatic nitrogens is 5. The lowest BCUT2D eigenvalue weighted by atomic mass is 9.91. The number of fused-ring (bicyclic) bond motifs is 7. The molecule has 4 aromatic heterocycles. The highest BCUT2D eigenvalue weighted by Crippen LogP contribution is 2.45. The molecule has 318 valence electrons. The first-order valence-electron chi connectivity index (χ1n) is 22.8. The molecule has 0 aliphatic rings. The zero-order valence-electron chi connectivity index (χ0n) is 36.7. The number of nitrogens with zero attached hydrogens (tertiary/aromatic N) is 5. The van der Waals surface area contributed by atoms with E-state index in [-0.39, 0.29) is 0 Å². The standard InChI is InChI=1S/C62H39N5O/c1-6-18-40(19-7-1)48-32-30-44(36-51(48)41-20-8-2-9-21-41)45-31-34-53(63-39-45)46-37-52(62-65-60(42-22-10-3-11-23-42)64-61(66-62)43-24-12-4-13-25-43)57-50-33-35-55-58(59(50)68-56(57)38-46)49-28-16-17-29-54(49)67(55)47-26-14-5-15-27-47/h1-39H.